The second kappa shape index (κ2) is 7.40. The van der Waals surface area contributed by atoms with Crippen LogP contribution in [0, 0.1) is 5.92 Å². The lowest BCUT2D eigenvalue weighted by molar-refractivity contribution is -0.126. The van der Waals surface area contributed by atoms with E-state index in [1.165, 1.54) is 0 Å². The van der Waals surface area contributed by atoms with E-state index in [1.807, 2.05) is 18.2 Å². The molecule has 2 aromatic heterocycles. The summed E-state index contributed by atoms with van der Waals surface area (Å²) in [6.45, 7) is 0.443. The predicted octanol–water partition coefficient (Wildman–Crippen LogP) is 1.40. The summed E-state index contributed by atoms with van der Waals surface area (Å²) in [5.74, 6) is 2.00. The molecule has 138 valence electrons. The molecule has 3 heterocycles. The number of aromatic nitrogens is 4. The molecule has 0 aliphatic carbocycles. The van der Waals surface area contributed by atoms with Gasteiger partial charge < -0.3 is 19.3 Å². The molecular formula is C18H17N5O4. The van der Waals surface area contributed by atoms with Crippen molar-refractivity contribution in [2.75, 3.05) is 13.7 Å². The zero-order valence-electron chi connectivity index (χ0n) is 14.6. The van der Waals surface area contributed by atoms with Crippen molar-refractivity contribution in [3.8, 4) is 23.1 Å². The van der Waals surface area contributed by atoms with Crippen LogP contribution in [0.25, 0.3) is 11.6 Å². The minimum Gasteiger partial charge on any atom is -0.497 e. The fraction of sp³-hybridized carbons (Fsp3) is 0.278. The summed E-state index contributed by atoms with van der Waals surface area (Å²) < 4.78 is 16.1. The molecule has 0 radical (unpaired) electrons. The molecule has 9 heteroatoms. The number of benzene rings is 1. The number of rotatable bonds is 5. The highest BCUT2D eigenvalue weighted by atomic mass is 16.5. The van der Waals surface area contributed by atoms with Gasteiger partial charge in [0.1, 0.15) is 18.1 Å². The first-order valence-electron chi connectivity index (χ1n) is 8.40. The van der Waals surface area contributed by atoms with Gasteiger partial charge in [0, 0.05) is 12.4 Å². The fourth-order valence-corrected chi connectivity index (χ4v) is 2.81. The molecule has 27 heavy (non-hydrogen) atoms. The third-order valence-corrected chi connectivity index (χ3v) is 4.19. The molecule has 1 atom stereocenters. The van der Waals surface area contributed by atoms with E-state index in [0.29, 0.717) is 18.9 Å². The van der Waals surface area contributed by atoms with E-state index < -0.39 is 0 Å². The van der Waals surface area contributed by atoms with Gasteiger partial charge in [-0.15, -0.1) is 0 Å². The summed E-state index contributed by atoms with van der Waals surface area (Å²) >= 11 is 0. The van der Waals surface area contributed by atoms with Gasteiger partial charge >= 0.3 is 0 Å². The number of carbonyl (C=O) groups excluding carboxylic acids is 1. The second-order valence-electron chi connectivity index (χ2n) is 5.99. The second-order valence-corrected chi connectivity index (χ2v) is 5.99. The van der Waals surface area contributed by atoms with Crippen LogP contribution in [-0.2, 0) is 17.8 Å². The van der Waals surface area contributed by atoms with Crippen molar-refractivity contribution in [2.24, 2.45) is 5.92 Å². The van der Waals surface area contributed by atoms with Gasteiger partial charge in [-0.2, -0.15) is 4.98 Å². The van der Waals surface area contributed by atoms with Gasteiger partial charge in [-0.1, -0.05) is 5.16 Å². The number of nitrogens with one attached hydrogen (secondary N) is 1. The molecule has 0 unspecified atom stereocenters. The van der Waals surface area contributed by atoms with Crippen molar-refractivity contribution in [1.29, 1.82) is 0 Å². The molecule has 0 saturated heterocycles. The van der Waals surface area contributed by atoms with Crippen LogP contribution < -0.4 is 14.8 Å². The van der Waals surface area contributed by atoms with Gasteiger partial charge in [0.15, 0.2) is 0 Å². The van der Waals surface area contributed by atoms with Crippen molar-refractivity contribution >= 4 is 5.91 Å². The Morgan fingerprint density at radius 2 is 2.15 bits per heavy atom. The lowest BCUT2D eigenvalue weighted by Crippen LogP contribution is -2.37. The SMILES string of the molecule is COc1ccc2c(c1)C[C@H](C(=O)NCc1nc(-c3ncccn3)no1)CO2. The standard InChI is InChI=1S/C18H17N5O4/c1-25-13-3-4-14-11(8-13)7-12(10-26-14)18(24)21-9-15-22-17(23-27-15)16-19-5-2-6-20-16/h2-6,8,12H,7,9-10H2,1H3,(H,21,24)/t12-/m0/s1. The number of hydrogen-bond donors (Lipinski definition) is 1. The molecule has 3 aromatic rings. The van der Waals surface area contributed by atoms with Crippen LogP contribution in [0.5, 0.6) is 11.5 Å². The first-order chi connectivity index (χ1) is 13.2. The minimum absolute atomic E-state index is 0.125. The first-order valence-corrected chi connectivity index (χ1v) is 8.40. The fourth-order valence-electron chi connectivity index (χ4n) is 2.81. The molecule has 0 spiro atoms. The third kappa shape index (κ3) is 3.71. The number of nitrogens with zero attached hydrogens (tertiary/aromatic N) is 4. The molecule has 1 N–H and O–H groups in total. The predicted molar refractivity (Wildman–Crippen MR) is 92.9 cm³/mol. The van der Waals surface area contributed by atoms with Crippen molar-refractivity contribution in [3.63, 3.8) is 0 Å². The Kier molecular flexibility index (Phi) is 4.65. The molecule has 0 bridgehead atoms. The summed E-state index contributed by atoms with van der Waals surface area (Å²) in [4.78, 5) is 24.8. The zero-order chi connectivity index (χ0) is 18.6. The van der Waals surface area contributed by atoms with Gasteiger partial charge in [0.2, 0.25) is 23.4 Å². The van der Waals surface area contributed by atoms with Crippen LogP contribution in [0.1, 0.15) is 11.5 Å². The molecular weight excluding hydrogens is 350 g/mol. The van der Waals surface area contributed by atoms with E-state index in [4.69, 9.17) is 14.0 Å². The quantitative estimate of drug-likeness (QED) is 0.720. The number of hydrogen-bond acceptors (Lipinski definition) is 8. The molecule has 1 aromatic carbocycles. The Hall–Kier alpha value is -3.49. The number of carbonyl (C=O) groups is 1. The van der Waals surface area contributed by atoms with Gasteiger partial charge in [-0.3, -0.25) is 4.79 Å². The summed E-state index contributed by atoms with van der Waals surface area (Å²) in [5.41, 5.74) is 0.946. The maximum Gasteiger partial charge on any atom is 0.246 e. The van der Waals surface area contributed by atoms with Crippen molar-refractivity contribution in [3.05, 3.63) is 48.1 Å². The van der Waals surface area contributed by atoms with E-state index in [2.05, 4.69) is 25.4 Å². The molecule has 1 aliphatic rings. The van der Waals surface area contributed by atoms with Crippen LogP contribution in [0.15, 0.2) is 41.2 Å². The third-order valence-electron chi connectivity index (χ3n) is 4.19. The molecule has 0 fully saturated rings. The summed E-state index contributed by atoms with van der Waals surface area (Å²) in [6.07, 6.45) is 3.76. The lowest BCUT2D eigenvalue weighted by Gasteiger charge is -2.24. The van der Waals surface area contributed by atoms with E-state index in [9.17, 15) is 4.79 Å². The largest absolute Gasteiger partial charge is 0.497 e. The Morgan fingerprint density at radius 1 is 1.30 bits per heavy atom. The van der Waals surface area contributed by atoms with Crippen LogP contribution in [0.3, 0.4) is 0 Å². The minimum atomic E-state index is -0.301. The number of fused-ring (bicyclic) bond motifs is 1. The van der Waals surface area contributed by atoms with E-state index in [-0.39, 0.29) is 30.1 Å². The van der Waals surface area contributed by atoms with Crippen molar-refractivity contribution in [1.82, 2.24) is 25.4 Å². The van der Waals surface area contributed by atoms with E-state index in [0.717, 1.165) is 17.1 Å². The molecule has 4 rings (SSSR count). The molecule has 1 amide bonds. The number of methoxy groups -OCH3 is 1. The maximum absolute atomic E-state index is 12.5. The van der Waals surface area contributed by atoms with Crippen LogP contribution in [-0.4, -0.2) is 39.7 Å². The normalized spacial score (nSPS) is 15.5. The average Bonchev–Trinajstić information content (AvgIpc) is 3.21. The van der Waals surface area contributed by atoms with Crippen LogP contribution in [0.4, 0.5) is 0 Å². The first kappa shape index (κ1) is 17.0. The molecule has 9 nitrogen and oxygen atoms in total. The Balaban J connectivity index is 1.37. The highest BCUT2D eigenvalue weighted by molar-refractivity contribution is 5.79. The van der Waals surface area contributed by atoms with Gasteiger partial charge in [0.25, 0.3) is 0 Å². The Morgan fingerprint density at radius 3 is 2.96 bits per heavy atom. The number of ether oxygens (including phenoxy) is 2. The highest BCUT2D eigenvalue weighted by Gasteiger charge is 2.26. The monoisotopic (exact) mass is 367 g/mol. The van der Waals surface area contributed by atoms with E-state index >= 15 is 0 Å². The molecule has 1 aliphatic heterocycles. The van der Waals surface area contributed by atoms with Crippen LogP contribution >= 0.6 is 0 Å². The lowest BCUT2D eigenvalue weighted by atomic mass is 9.96. The van der Waals surface area contributed by atoms with Crippen molar-refractivity contribution < 1.29 is 18.8 Å². The van der Waals surface area contributed by atoms with Gasteiger partial charge in [-0.25, -0.2) is 9.97 Å². The summed E-state index contributed by atoms with van der Waals surface area (Å²) in [5, 5.41) is 6.63. The average molecular weight is 367 g/mol. The van der Waals surface area contributed by atoms with E-state index in [1.54, 1.807) is 25.6 Å². The van der Waals surface area contributed by atoms with Crippen LogP contribution in [0.2, 0.25) is 0 Å². The summed E-state index contributed by atoms with van der Waals surface area (Å²) in [7, 11) is 1.61. The zero-order valence-corrected chi connectivity index (χ0v) is 14.6. The smallest absolute Gasteiger partial charge is 0.246 e. The maximum atomic E-state index is 12.5. The van der Waals surface area contributed by atoms with Gasteiger partial charge in [0.05, 0.1) is 19.6 Å². The molecule has 0 saturated carbocycles. The Labute approximate surface area is 154 Å². The topological polar surface area (TPSA) is 112 Å². The Bertz CT molecular complexity index is 944. The summed E-state index contributed by atoms with van der Waals surface area (Å²) in [6, 6.07) is 7.28. The number of amides is 1. The van der Waals surface area contributed by atoms with Gasteiger partial charge in [-0.05, 0) is 36.2 Å². The highest BCUT2D eigenvalue weighted by Crippen LogP contribution is 2.30. The van der Waals surface area contributed by atoms with Crippen molar-refractivity contribution in [2.45, 2.75) is 13.0 Å².